The van der Waals surface area contributed by atoms with E-state index in [1.165, 1.54) is 17.9 Å². The molecule has 1 unspecified atom stereocenters. The largest absolute Gasteiger partial charge is 0.378 e. The Kier molecular flexibility index (Phi) is 7.29. The summed E-state index contributed by atoms with van der Waals surface area (Å²) in [4.78, 5) is 28.6. The van der Waals surface area contributed by atoms with Crippen molar-refractivity contribution in [1.29, 1.82) is 0 Å². The minimum Gasteiger partial charge on any atom is -0.378 e. The Morgan fingerprint density at radius 1 is 1.20 bits per heavy atom. The molecule has 2 aliphatic rings. The highest BCUT2D eigenvalue weighted by Crippen LogP contribution is 2.31. The van der Waals surface area contributed by atoms with Gasteiger partial charge in [-0.25, -0.2) is 13.1 Å². The van der Waals surface area contributed by atoms with E-state index in [0.717, 1.165) is 0 Å². The van der Waals surface area contributed by atoms with Gasteiger partial charge in [-0.2, -0.15) is 0 Å². The first-order chi connectivity index (χ1) is 14.1. The van der Waals surface area contributed by atoms with Crippen molar-refractivity contribution in [3.05, 3.63) is 33.8 Å². The molecule has 2 fully saturated rings. The van der Waals surface area contributed by atoms with Crippen LogP contribution in [0.3, 0.4) is 0 Å². The highest BCUT2D eigenvalue weighted by molar-refractivity contribution is 7.89. The minimum absolute atomic E-state index is 0.156. The van der Waals surface area contributed by atoms with E-state index in [-0.39, 0.29) is 10.9 Å². The number of carbonyl (C=O) groups excluding carboxylic acids is 2. The van der Waals surface area contributed by atoms with Gasteiger partial charge in [0.05, 0.1) is 18.5 Å². The number of amides is 2. The molecule has 3 atom stereocenters. The van der Waals surface area contributed by atoms with Crippen LogP contribution in [0.25, 0.3) is 0 Å². The number of nitrogens with zero attached hydrogens (tertiary/aromatic N) is 2. The third kappa shape index (κ3) is 4.91. The summed E-state index contributed by atoms with van der Waals surface area (Å²) in [5.74, 6) is -0.557. The molecule has 2 saturated heterocycles. The lowest BCUT2D eigenvalue weighted by atomic mass is 10.2. The maximum atomic E-state index is 12.9. The first kappa shape index (κ1) is 23.3. The highest BCUT2D eigenvalue weighted by Gasteiger charge is 2.41. The van der Waals surface area contributed by atoms with Crippen molar-refractivity contribution < 1.29 is 22.7 Å². The van der Waals surface area contributed by atoms with Crippen LogP contribution >= 0.6 is 23.2 Å². The van der Waals surface area contributed by atoms with Crippen LogP contribution in [0, 0.1) is 0 Å². The zero-order valence-corrected chi connectivity index (χ0v) is 19.1. The Hall–Kier alpha value is -1.39. The fraction of sp³-hybridized carbons (Fsp3) is 0.579. The van der Waals surface area contributed by atoms with Crippen LogP contribution in [0.5, 0.6) is 0 Å². The molecule has 0 spiro atoms. The molecule has 0 bridgehead atoms. The number of nitrogens with one attached hydrogen (secondary N) is 1. The average Bonchev–Trinajstić information content (AvgIpc) is 3.06. The Labute approximate surface area is 186 Å². The number of carbonyl (C=O) groups is 2. The van der Waals surface area contributed by atoms with Gasteiger partial charge in [0, 0.05) is 29.7 Å². The van der Waals surface area contributed by atoms with Crippen LogP contribution < -0.4 is 4.72 Å². The molecule has 30 heavy (non-hydrogen) atoms. The van der Waals surface area contributed by atoms with Crippen LogP contribution in [-0.2, 0) is 24.3 Å². The van der Waals surface area contributed by atoms with Gasteiger partial charge in [-0.15, -0.1) is 0 Å². The number of benzene rings is 1. The topological polar surface area (TPSA) is 96.0 Å². The zero-order chi connectivity index (χ0) is 22.1. The Morgan fingerprint density at radius 2 is 1.87 bits per heavy atom. The number of likely N-dealkylation sites (tertiary alicyclic amines) is 1. The van der Waals surface area contributed by atoms with Gasteiger partial charge in [0.2, 0.25) is 21.8 Å². The van der Waals surface area contributed by atoms with Gasteiger partial charge in [0.1, 0.15) is 12.1 Å². The number of halogens is 2. The molecule has 0 aliphatic carbocycles. The quantitative estimate of drug-likeness (QED) is 0.673. The van der Waals surface area contributed by atoms with Crippen LogP contribution in [0.15, 0.2) is 18.2 Å². The third-order valence-corrected chi connectivity index (χ3v) is 7.92. The lowest BCUT2D eigenvalue weighted by Gasteiger charge is -2.32. The minimum atomic E-state index is -3.89. The molecule has 8 nitrogen and oxygen atoms in total. The normalized spacial score (nSPS) is 22.3. The molecule has 1 aromatic rings. The van der Waals surface area contributed by atoms with Crippen LogP contribution in [0.2, 0.25) is 10.0 Å². The number of morpholine rings is 1. The standard InChI is InChI=1S/C19H25Cl2N3O5S/c1-12(18(25)23-7-9-29-10-8-23)24-6-5-17(19(24)26)22-30(27,28)13(2)15-4-3-14(20)11-16(15)21/h3-4,11-13,17,22H,5-10H2,1-2H3/t12-,13?,17-/m0/s1. The second kappa shape index (κ2) is 9.40. The summed E-state index contributed by atoms with van der Waals surface area (Å²) in [6, 6.07) is 3.03. The molecule has 0 saturated carbocycles. The SMILES string of the molecule is CC(c1ccc(Cl)cc1Cl)S(=O)(=O)N[C@H]1CCN([C@@H](C)C(=O)N2CCOCC2)C1=O. The van der Waals surface area contributed by atoms with Crippen LogP contribution in [0.4, 0.5) is 0 Å². The number of hydrogen-bond acceptors (Lipinski definition) is 5. The summed E-state index contributed by atoms with van der Waals surface area (Å²) in [6.07, 6.45) is 0.292. The second-order valence-corrected chi connectivity index (χ2v) is 10.3. The van der Waals surface area contributed by atoms with Crippen molar-refractivity contribution in [3.63, 3.8) is 0 Å². The number of sulfonamides is 1. The predicted molar refractivity (Wildman–Crippen MR) is 114 cm³/mol. The summed E-state index contributed by atoms with van der Waals surface area (Å²) in [5, 5.41) is -0.331. The molecular weight excluding hydrogens is 453 g/mol. The van der Waals surface area contributed by atoms with Gasteiger partial charge in [-0.1, -0.05) is 29.3 Å². The van der Waals surface area contributed by atoms with E-state index in [1.807, 2.05) is 0 Å². The van der Waals surface area contributed by atoms with E-state index in [4.69, 9.17) is 27.9 Å². The summed E-state index contributed by atoms with van der Waals surface area (Å²) >= 11 is 12.0. The van der Waals surface area contributed by atoms with Gasteiger partial charge in [-0.05, 0) is 38.0 Å². The molecule has 2 heterocycles. The van der Waals surface area contributed by atoms with Crippen molar-refractivity contribution in [1.82, 2.24) is 14.5 Å². The lowest BCUT2D eigenvalue weighted by Crippen LogP contribution is -2.52. The number of ether oxygens (including phenoxy) is 1. The van der Waals surface area contributed by atoms with E-state index >= 15 is 0 Å². The summed E-state index contributed by atoms with van der Waals surface area (Å²) in [7, 11) is -3.89. The lowest BCUT2D eigenvalue weighted by molar-refractivity contribution is -0.146. The Balaban J connectivity index is 1.67. The van der Waals surface area contributed by atoms with Crippen molar-refractivity contribution in [2.24, 2.45) is 0 Å². The summed E-state index contributed by atoms with van der Waals surface area (Å²) < 4.78 is 33.5. The predicted octanol–water partition coefficient (Wildman–Crippen LogP) is 1.82. The molecule has 11 heteroatoms. The maximum Gasteiger partial charge on any atom is 0.245 e. The Bertz CT molecular complexity index is 921. The zero-order valence-electron chi connectivity index (χ0n) is 16.8. The molecule has 1 aromatic carbocycles. The van der Waals surface area contributed by atoms with Gasteiger partial charge < -0.3 is 14.5 Å². The first-order valence-corrected chi connectivity index (χ1v) is 12.0. The highest BCUT2D eigenvalue weighted by atomic mass is 35.5. The van der Waals surface area contributed by atoms with E-state index in [1.54, 1.807) is 24.0 Å². The monoisotopic (exact) mass is 477 g/mol. The number of hydrogen-bond donors (Lipinski definition) is 1. The number of rotatable bonds is 6. The van der Waals surface area contributed by atoms with Gasteiger partial charge in [0.15, 0.2) is 0 Å². The molecular formula is C19H25Cl2N3O5S. The third-order valence-electron chi connectivity index (χ3n) is 5.56. The fourth-order valence-corrected chi connectivity index (χ4v) is 5.67. The molecule has 0 aromatic heterocycles. The second-order valence-electron chi connectivity index (χ2n) is 7.46. The van der Waals surface area contributed by atoms with Crippen molar-refractivity contribution in [2.75, 3.05) is 32.8 Å². The Morgan fingerprint density at radius 3 is 2.50 bits per heavy atom. The van der Waals surface area contributed by atoms with Crippen LogP contribution in [0.1, 0.15) is 31.1 Å². The van der Waals surface area contributed by atoms with Gasteiger partial charge in [-0.3, -0.25) is 9.59 Å². The average molecular weight is 478 g/mol. The van der Waals surface area contributed by atoms with E-state index in [0.29, 0.717) is 49.9 Å². The van der Waals surface area contributed by atoms with Crippen LogP contribution in [-0.4, -0.2) is 75.0 Å². The van der Waals surface area contributed by atoms with Gasteiger partial charge in [0.25, 0.3) is 0 Å². The molecule has 1 N–H and O–H groups in total. The molecule has 166 valence electrons. The molecule has 2 aliphatic heterocycles. The van der Waals surface area contributed by atoms with E-state index in [9.17, 15) is 18.0 Å². The van der Waals surface area contributed by atoms with Gasteiger partial charge >= 0.3 is 0 Å². The summed E-state index contributed by atoms with van der Waals surface area (Å²) in [6.45, 7) is 5.39. The van der Waals surface area contributed by atoms with E-state index < -0.39 is 33.3 Å². The van der Waals surface area contributed by atoms with E-state index in [2.05, 4.69) is 4.72 Å². The molecule has 0 radical (unpaired) electrons. The first-order valence-electron chi connectivity index (χ1n) is 9.75. The maximum absolute atomic E-state index is 12.9. The fourth-order valence-electron chi connectivity index (χ4n) is 3.68. The van der Waals surface area contributed by atoms with Crippen molar-refractivity contribution in [2.45, 2.75) is 37.6 Å². The van der Waals surface area contributed by atoms with Crippen molar-refractivity contribution >= 4 is 45.0 Å². The summed E-state index contributed by atoms with van der Waals surface area (Å²) in [5.41, 5.74) is 0.395. The van der Waals surface area contributed by atoms with Crippen molar-refractivity contribution in [3.8, 4) is 0 Å². The smallest absolute Gasteiger partial charge is 0.245 e. The molecule has 2 amide bonds. The molecule has 3 rings (SSSR count).